The molecule has 0 radical (unpaired) electrons. The summed E-state index contributed by atoms with van der Waals surface area (Å²) in [7, 11) is -4.77. The number of halogens is 7. The Morgan fingerprint density at radius 1 is 0.903 bits per heavy atom. The van der Waals surface area contributed by atoms with Crippen LogP contribution < -0.4 is 4.74 Å². The lowest BCUT2D eigenvalue weighted by Crippen LogP contribution is -2.49. The zero-order valence-electron chi connectivity index (χ0n) is 17.0. The molecule has 180 valence electrons. The number of ether oxygens (including phenoxy) is 1. The molecule has 13 heteroatoms. The molecule has 0 aliphatic rings. The molecule has 31 heavy (non-hydrogen) atoms. The molecule has 5 nitrogen and oxygen atoms in total. The van der Waals surface area contributed by atoms with Gasteiger partial charge in [0.2, 0.25) is 0 Å². The van der Waals surface area contributed by atoms with E-state index in [0.717, 1.165) is 16.7 Å². The van der Waals surface area contributed by atoms with Crippen LogP contribution in [0.4, 0.5) is 0 Å². The van der Waals surface area contributed by atoms with Crippen LogP contribution in [0.1, 0.15) is 55.2 Å². The summed E-state index contributed by atoms with van der Waals surface area (Å²) in [6, 6.07) is 3.72. The van der Waals surface area contributed by atoms with Gasteiger partial charge in [-0.05, 0) is 50.9 Å². The number of rotatable bonds is 12. The van der Waals surface area contributed by atoms with Crippen LogP contribution >= 0.6 is 94.2 Å². The summed E-state index contributed by atoms with van der Waals surface area (Å²) in [4.78, 5) is 27.5. The van der Waals surface area contributed by atoms with Crippen molar-refractivity contribution >= 4 is 103 Å². The summed E-state index contributed by atoms with van der Waals surface area (Å²) in [6.45, 7) is 5.59. The fourth-order valence-electron chi connectivity index (χ4n) is 2.93. The van der Waals surface area contributed by atoms with Crippen molar-refractivity contribution in [2.24, 2.45) is 0 Å². The average molecular weight is 731 g/mol. The van der Waals surface area contributed by atoms with Crippen molar-refractivity contribution in [1.82, 2.24) is 0 Å². The van der Waals surface area contributed by atoms with Crippen LogP contribution in [0.3, 0.4) is 0 Å². The molecule has 0 spiro atoms. The van der Waals surface area contributed by atoms with E-state index in [9.17, 15) is 0 Å². The van der Waals surface area contributed by atoms with Crippen LogP contribution in [-0.2, 0) is 4.43 Å². The van der Waals surface area contributed by atoms with Gasteiger partial charge in [-0.25, -0.2) is 0 Å². The van der Waals surface area contributed by atoms with Gasteiger partial charge >= 0.3 is 9.05 Å². The fraction of sp³-hybridized carbons (Fsp3) is 0.667. The number of benzene rings is 1. The van der Waals surface area contributed by atoms with Crippen molar-refractivity contribution in [2.75, 3.05) is 24.2 Å². The Hall–Kier alpha value is 1.68. The molecule has 4 unspecified atom stereocenters. The lowest BCUT2D eigenvalue weighted by atomic mass is 9.82. The molecule has 0 aliphatic heterocycles. The quantitative estimate of drug-likeness (QED) is 0.174. The number of hydrogen-bond acceptors (Lipinski definition) is 5. The molecule has 0 heterocycles. The van der Waals surface area contributed by atoms with Gasteiger partial charge in [0.25, 0.3) is 3.97 Å². The van der Waals surface area contributed by atoms with E-state index in [2.05, 4.69) is 47.8 Å². The Bertz CT molecular complexity index is 737. The van der Waals surface area contributed by atoms with Crippen molar-refractivity contribution in [3.8, 4) is 5.75 Å². The van der Waals surface area contributed by atoms with Crippen LogP contribution in [0.5, 0.6) is 5.75 Å². The topological polar surface area (TPSA) is 79.2 Å². The number of alkyl halides is 7. The fourth-order valence-corrected chi connectivity index (χ4v) is 5.06. The first kappa shape index (κ1) is 30.7. The highest BCUT2D eigenvalue weighted by Gasteiger charge is 2.51. The van der Waals surface area contributed by atoms with Gasteiger partial charge in [-0.2, -0.15) is 0 Å². The van der Waals surface area contributed by atoms with Crippen molar-refractivity contribution < 1.29 is 23.5 Å². The molecule has 0 aliphatic carbocycles. The molecule has 0 amide bonds. The largest absolute Gasteiger partial charge is 0.671 e. The molecule has 1 aromatic carbocycles. The van der Waals surface area contributed by atoms with Crippen molar-refractivity contribution in [1.29, 1.82) is 0 Å². The van der Waals surface area contributed by atoms with Crippen molar-refractivity contribution in [2.45, 2.75) is 45.7 Å². The van der Waals surface area contributed by atoms with Gasteiger partial charge in [-0.15, -0.1) is 34.8 Å². The predicted molar refractivity (Wildman–Crippen MR) is 141 cm³/mol. The minimum atomic E-state index is -4.77. The van der Waals surface area contributed by atoms with Crippen LogP contribution in [0.15, 0.2) is 12.1 Å². The van der Waals surface area contributed by atoms with E-state index in [-0.39, 0.29) is 17.8 Å². The van der Waals surface area contributed by atoms with E-state index < -0.39 is 22.9 Å². The van der Waals surface area contributed by atoms with Gasteiger partial charge in [0.05, 0.1) is 6.61 Å². The first-order valence-corrected chi connectivity index (χ1v) is 15.3. The van der Waals surface area contributed by atoms with E-state index in [0.29, 0.717) is 23.4 Å². The molecule has 0 aromatic heterocycles. The smallest absolute Gasteiger partial charge is 0.459 e. The maximum Gasteiger partial charge on any atom is 0.671 e. The van der Waals surface area contributed by atoms with E-state index in [1.165, 1.54) is 0 Å². The third-order valence-electron chi connectivity index (χ3n) is 4.60. The summed E-state index contributed by atoms with van der Waals surface area (Å²) >= 11 is 35.2. The van der Waals surface area contributed by atoms with Gasteiger partial charge in [0.1, 0.15) is 5.75 Å². The second kappa shape index (κ2) is 12.6. The molecular weight excluding hydrogens is 706 g/mol. The van der Waals surface area contributed by atoms with Gasteiger partial charge in [0.15, 0.2) is 3.23 Å². The minimum absolute atomic E-state index is 0.00239. The third kappa shape index (κ3) is 8.39. The summed E-state index contributed by atoms with van der Waals surface area (Å²) in [6.07, 6.45) is 0. The molecule has 0 fully saturated rings. The highest BCUT2D eigenvalue weighted by atomic mass is 79.9. The van der Waals surface area contributed by atoms with E-state index >= 15 is 0 Å². The van der Waals surface area contributed by atoms with Gasteiger partial charge in [-0.1, -0.05) is 70.3 Å². The maximum absolute atomic E-state index is 9.16. The van der Waals surface area contributed by atoms with Gasteiger partial charge in [-0.3, -0.25) is 0 Å². The second-order valence-corrected chi connectivity index (χ2v) is 15.6. The monoisotopic (exact) mass is 726 g/mol. The highest BCUT2D eigenvalue weighted by molar-refractivity contribution is 9.26. The van der Waals surface area contributed by atoms with E-state index in [1.54, 1.807) is 6.07 Å². The molecule has 0 bridgehead atoms. The molecule has 4 atom stereocenters. The van der Waals surface area contributed by atoms with E-state index in [4.69, 9.17) is 70.0 Å². The first-order valence-electron chi connectivity index (χ1n) is 9.22. The molecular formula is C18H25Br3Cl4O5Si. The van der Waals surface area contributed by atoms with E-state index in [1.807, 2.05) is 26.8 Å². The van der Waals surface area contributed by atoms with Crippen LogP contribution in [0.2, 0.25) is 0 Å². The van der Waals surface area contributed by atoms with Crippen molar-refractivity contribution in [3.05, 3.63) is 28.8 Å². The molecule has 0 saturated carbocycles. The summed E-state index contributed by atoms with van der Waals surface area (Å²) in [5, 5.41) is 0. The summed E-state index contributed by atoms with van der Waals surface area (Å²) in [5.41, 5.74) is 2.92. The van der Waals surface area contributed by atoms with Crippen molar-refractivity contribution in [3.63, 3.8) is 0 Å². The Balaban J connectivity index is 3.54. The highest BCUT2D eigenvalue weighted by Crippen LogP contribution is 2.50. The summed E-state index contributed by atoms with van der Waals surface area (Å²) in [5.74, 6) is 1.60. The lowest BCUT2D eigenvalue weighted by molar-refractivity contribution is 0.0547. The molecule has 1 rings (SSSR count). The SMILES string of the molecule is CC(CCl)c1ccc(OC(Cl)(Br)C(Br)(Br)CO[Si](O)(O)O)c(C(C)CCl)c1C(C)CCl. The molecule has 0 saturated heterocycles. The minimum Gasteiger partial charge on any atom is -0.459 e. The predicted octanol–water partition coefficient (Wildman–Crippen LogP) is 6.30. The first-order chi connectivity index (χ1) is 14.1. The summed E-state index contributed by atoms with van der Waals surface area (Å²) < 4.78 is 7.84. The Morgan fingerprint density at radius 2 is 1.39 bits per heavy atom. The Kier molecular flexibility index (Phi) is 12.5. The Morgan fingerprint density at radius 3 is 1.84 bits per heavy atom. The third-order valence-corrected chi connectivity index (χ3v) is 10.9. The van der Waals surface area contributed by atoms with Gasteiger partial charge in [0, 0.05) is 23.2 Å². The molecule has 1 aromatic rings. The van der Waals surface area contributed by atoms with Crippen LogP contribution in [-0.4, -0.2) is 54.9 Å². The number of hydrogen-bond donors (Lipinski definition) is 3. The Labute approximate surface area is 229 Å². The second-order valence-electron chi connectivity index (χ2n) is 7.33. The average Bonchev–Trinajstić information content (AvgIpc) is 2.69. The molecule has 3 N–H and O–H groups in total. The normalized spacial score (nSPS) is 17.7. The van der Waals surface area contributed by atoms with Crippen LogP contribution in [0, 0.1) is 0 Å². The van der Waals surface area contributed by atoms with Crippen LogP contribution in [0.25, 0.3) is 0 Å². The van der Waals surface area contributed by atoms with Gasteiger partial charge < -0.3 is 23.5 Å². The standard InChI is InChI=1S/C18H25Br3Cl4O5Si/c1-10(6-22)13-4-5-14(16(12(3)8-24)15(13)11(2)7-23)30-18(21,25)17(19,20)9-29-31(26,27)28/h4-5,10-12,26-28H,6-9H2,1-3H3. The zero-order chi connectivity index (χ0) is 24.2. The zero-order valence-corrected chi connectivity index (χ0v) is 25.8. The maximum atomic E-state index is 9.16. The lowest BCUT2D eigenvalue weighted by Gasteiger charge is -2.36.